The van der Waals surface area contributed by atoms with E-state index < -0.39 is 0 Å². The summed E-state index contributed by atoms with van der Waals surface area (Å²) in [7, 11) is 1.78. The van der Waals surface area contributed by atoms with Crippen LogP contribution in [0.5, 0.6) is 0 Å². The first-order chi connectivity index (χ1) is 10.1. The number of benzene rings is 1. The lowest BCUT2D eigenvalue weighted by atomic mass is 9.93. The van der Waals surface area contributed by atoms with Crippen molar-refractivity contribution < 1.29 is 4.79 Å². The van der Waals surface area contributed by atoms with Crippen molar-refractivity contribution in [2.45, 2.75) is 25.9 Å². The van der Waals surface area contributed by atoms with Gasteiger partial charge in [0.05, 0.1) is 6.54 Å². The molecule has 0 saturated carbocycles. The number of hydrogen-bond acceptors (Lipinski definition) is 4. The lowest BCUT2D eigenvalue weighted by Gasteiger charge is -2.29. The van der Waals surface area contributed by atoms with Crippen LogP contribution in [-0.4, -0.2) is 39.6 Å². The van der Waals surface area contributed by atoms with Gasteiger partial charge in [0.25, 0.3) is 0 Å². The van der Waals surface area contributed by atoms with Gasteiger partial charge in [0.15, 0.2) is 5.82 Å². The van der Waals surface area contributed by atoms with Crippen molar-refractivity contribution in [3.05, 3.63) is 47.0 Å². The Morgan fingerprint density at radius 1 is 1.43 bits per heavy atom. The van der Waals surface area contributed by atoms with E-state index in [2.05, 4.69) is 26.6 Å². The second kappa shape index (κ2) is 5.65. The van der Waals surface area contributed by atoms with Crippen LogP contribution >= 0.6 is 0 Å². The molecule has 3 rings (SSSR count). The SMILES string of the molecule is Cc1nc(CN(C)C(=O)C2NCCc3ccccc32)n[nH]1. The number of likely N-dealkylation sites (N-methyl/N-ethyl adjacent to an activating group) is 1. The Labute approximate surface area is 123 Å². The lowest BCUT2D eigenvalue weighted by molar-refractivity contribution is -0.133. The summed E-state index contributed by atoms with van der Waals surface area (Å²) >= 11 is 0. The predicted molar refractivity (Wildman–Crippen MR) is 78.5 cm³/mol. The van der Waals surface area contributed by atoms with E-state index >= 15 is 0 Å². The van der Waals surface area contributed by atoms with E-state index in [0.29, 0.717) is 12.4 Å². The van der Waals surface area contributed by atoms with E-state index in [1.807, 2.05) is 25.1 Å². The molecule has 0 radical (unpaired) electrons. The maximum Gasteiger partial charge on any atom is 0.244 e. The van der Waals surface area contributed by atoms with Crippen molar-refractivity contribution >= 4 is 5.91 Å². The summed E-state index contributed by atoms with van der Waals surface area (Å²) < 4.78 is 0. The van der Waals surface area contributed by atoms with E-state index in [1.165, 1.54) is 5.56 Å². The Balaban J connectivity index is 1.76. The van der Waals surface area contributed by atoms with E-state index in [-0.39, 0.29) is 11.9 Å². The molecule has 0 saturated heterocycles. The van der Waals surface area contributed by atoms with Gasteiger partial charge in [-0.2, -0.15) is 5.10 Å². The molecule has 6 heteroatoms. The van der Waals surface area contributed by atoms with Gasteiger partial charge >= 0.3 is 0 Å². The number of aromatic nitrogens is 3. The number of carbonyl (C=O) groups excluding carboxylic acids is 1. The average molecular weight is 285 g/mol. The number of aromatic amines is 1. The Hall–Kier alpha value is -2.21. The summed E-state index contributed by atoms with van der Waals surface area (Å²) in [6.45, 7) is 3.07. The number of aryl methyl sites for hydroxylation is 1. The molecule has 2 aromatic rings. The molecule has 1 aliphatic heterocycles. The van der Waals surface area contributed by atoms with Crippen LogP contribution in [0, 0.1) is 6.92 Å². The summed E-state index contributed by atoms with van der Waals surface area (Å²) in [6, 6.07) is 7.83. The van der Waals surface area contributed by atoms with Gasteiger partial charge in [-0.25, -0.2) is 4.98 Å². The van der Waals surface area contributed by atoms with Gasteiger partial charge < -0.3 is 10.2 Å². The molecule has 1 aromatic heterocycles. The molecule has 2 N–H and O–H groups in total. The van der Waals surface area contributed by atoms with Crippen molar-refractivity contribution in [1.82, 2.24) is 25.4 Å². The van der Waals surface area contributed by atoms with Crippen molar-refractivity contribution in [1.29, 1.82) is 0 Å². The van der Waals surface area contributed by atoms with Gasteiger partial charge in [0.1, 0.15) is 11.9 Å². The van der Waals surface area contributed by atoms with Gasteiger partial charge in [-0.1, -0.05) is 24.3 Å². The number of fused-ring (bicyclic) bond motifs is 1. The highest BCUT2D eigenvalue weighted by molar-refractivity contribution is 5.83. The summed E-state index contributed by atoms with van der Waals surface area (Å²) in [5, 5.41) is 10.2. The minimum absolute atomic E-state index is 0.0459. The van der Waals surface area contributed by atoms with Gasteiger partial charge in [-0.3, -0.25) is 9.89 Å². The molecule has 0 bridgehead atoms. The largest absolute Gasteiger partial charge is 0.336 e. The smallest absolute Gasteiger partial charge is 0.244 e. The zero-order valence-electron chi connectivity index (χ0n) is 12.3. The third-order valence-corrected chi connectivity index (χ3v) is 3.75. The van der Waals surface area contributed by atoms with Crippen LogP contribution in [-0.2, 0) is 17.8 Å². The Kier molecular flexibility index (Phi) is 3.70. The van der Waals surface area contributed by atoms with E-state index in [1.54, 1.807) is 11.9 Å². The van der Waals surface area contributed by atoms with Crippen LogP contribution in [0.2, 0.25) is 0 Å². The van der Waals surface area contributed by atoms with Crippen LogP contribution in [0.15, 0.2) is 24.3 Å². The molecular formula is C15H19N5O. The number of nitrogens with zero attached hydrogens (tertiary/aromatic N) is 3. The Morgan fingerprint density at radius 2 is 2.24 bits per heavy atom. The van der Waals surface area contributed by atoms with E-state index in [9.17, 15) is 4.79 Å². The normalized spacial score (nSPS) is 17.3. The van der Waals surface area contributed by atoms with Crippen molar-refractivity contribution in [3.63, 3.8) is 0 Å². The van der Waals surface area contributed by atoms with Crippen LogP contribution in [0.25, 0.3) is 0 Å². The molecule has 1 aliphatic rings. The number of hydrogen-bond donors (Lipinski definition) is 2. The number of amides is 1. The first kappa shape index (κ1) is 13.8. The summed E-state index contributed by atoms with van der Waals surface area (Å²) in [6.07, 6.45) is 0.962. The zero-order valence-corrected chi connectivity index (χ0v) is 12.3. The monoisotopic (exact) mass is 285 g/mol. The third kappa shape index (κ3) is 2.80. The Morgan fingerprint density at radius 3 is 3.00 bits per heavy atom. The van der Waals surface area contributed by atoms with E-state index in [0.717, 1.165) is 24.4 Å². The third-order valence-electron chi connectivity index (χ3n) is 3.75. The molecule has 1 unspecified atom stereocenters. The van der Waals surface area contributed by atoms with Gasteiger partial charge in [0, 0.05) is 13.6 Å². The van der Waals surface area contributed by atoms with Crippen LogP contribution in [0.3, 0.4) is 0 Å². The lowest BCUT2D eigenvalue weighted by Crippen LogP contribution is -2.42. The fourth-order valence-corrected chi connectivity index (χ4v) is 2.70. The first-order valence-corrected chi connectivity index (χ1v) is 7.09. The van der Waals surface area contributed by atoms with Gasteiger partial charge in [-0.15, -0.1) is 0 Å². The highest BCUT2D eigenvalue weighted by Gasteiger charge is 2.28. The molecule has 0 fully saturated rings. The summed E-state index contributed by atoms with van der Waals surface area (Å²) in [5.41, 5.74) is 2.32. The van der Waals surface area contributed by atoms with Gasteiger partial charge in [0.2, 0.25) is 5.91 Å². The van der Waals surface area contributed by atoms with Crippen LogP contribution in [0.1, 0.15) is 28.8 Å². The van der Waals surface area contributed by atoms with Crippen molar-refractivity contribution in [2.75, 3.05) is 13.6 Å². The number of carbonyl (C=O) groups is 1. The van der Waals surface area contributed by atoms with Crippen LogP contribution < -0.4 is 5.32 Å². The quantitative estimate of drug-likeness (QED) is 0.881. The predicted octanol–water partition coefficient (Wildman–Crippen LogP) is 0.959. The van der Waals surface area contributed by atoms with Crippen molar-refractivity contribution in [3.8, 4) is 0 Å². The second-order valence-electron chi connectivity index (χ2n) is 5.37. The maximum atomic E-state index is 12.7. The molecule has 1 aromatic carbocycles. The fourth-order valence-electron chi connectivity index (χ4n) is 2.70. The minimum Gasteiger partial charge on any atom is -0.336 e. The number of rotatable bonds is 3. The summed E-state index contributed by atoms with van der Waals surface area (Å²) in [4.78, 5) is 18.6. The molecule has 1 amide bonds. The molecule has 110 valence electrons. The van der Waals surface area contributed by atoms with Gasteiger partial charge in [-0.05, 0) is 24.5 Å². The highest BCUT2D eigenvalue weighted by Crippen LogP contribution is 2.24. The first-order valence-electron chi connectivity index (χ1n) is 7.09. The van der Waals surface area contributed by atoms with Crippen molar-refractivity contribution in [2.24, 2.45) is 0 Å². The highest BCUT2D eigenvalue weighted by atomic mass is 16.2. The zero-order chi connectivity index (χ0) is 14.8. The Bertz CT molecular complexity index is 651. The molecule has 2 heterocycles. The second-order valence-corrected chi connectivity index (χ2v) is 5.37. The standard InChI is InChI=1S/C15H19N5O/c1-10-17-13(19-18-10)9-20(2)15(21)14-12-6-4-3-5-11(12)7-8-16-14/h3-6,14,16H,7-9H2,1-2H3,(H,17,18,19). The number of nitrogens with one attached hydrogen (secondary N) is 2. The fraction of sp³-hybridized carbons (Fsp3) is 0.400. The van der Waals surface area contributed by atoms with Crippen LogP contribution in [0.4, 0.5) is 0 Å². The minimum atomic E-state index is -0.278. The average Bonchev–Trinajstić information content (AvgIpc) is 2.91. The molecule has 0 spiro atoms. The molecular weight excluding hydrogens is 266 g/mol. The van der Waals surface area contributed by atoms with E-state index in [4.69, 9.17) is 0 Å². The summed E-state index contributed by atoms with van der Waals surface area (Å²) in [5.74, 6) is 1.43. The topological polar surface area (TPSA) is 73.9 Å². The maximum absolute atomic E-state index is 12.7. The molecule has 21 heavy (non-hydrogen) atoms. The molecule has 6 nitrogen and oxygen atoms in total. The number of H-pyrrole nitrogens is 1. The molecule has 0 aliphatic carbocycles. The molecule has 1 atom stereocenters.